The third-order valence-corrected chi connectivity index (χ3v) is 0.761. The first-order chi connectivity index (χ1) is 5.55. The van der Waals surface area contributed by atoms with Crippen LogP contribution in [-0.2, 0) is 0 Å². The summed E-state index contributed by atoms with van der Waals surface area (Å²) in [6.07, 6.45) is -10.5. The Kier molecular flexibility index (Phi) is 2.91. The summed E-state index contributed by atoms with van der Waals surface area (Å²) < 4.78 is 68.5. The van der Waals surface area contributed by atoms with Crippen molar-refractivity contribution >= 4 is 11.7 Å². The average Bonchev–Trinajstić information content (AvgIpc) is 1.82. The van der Waals surface area contributed by atoms with Crippen LogP contribution >= 0.6 is 0 Å². The lowest BCUT2D eigenvalue weighted by Crippen LogP contribution is -2.25. The number of nitrogens with one attached hydrogen (secondary N) is 2. The van der Waals surface area contributed by atoms with Gasteiger partial charge in [-0.1, -0.05) is 0 Å². The second kappa shape index (κ2) is 3.23. The predicted molar refractivity (Wildman–Crippen MR) is 31.6 cm³/mol. The van der Waals surface area contributed by atoms with Gasteiger partial charge in [0.2, 0.25) is 0 Å². The van der Waals surface area contributed by atoms with Gasteiger partial charge in [0.1, 0.15) is 5.84 Å². The van der Waals surface area contributed by atoms with Gasteiger partial charge < -0.3 is 16.1 Å². The summed E-state index contributed by atoms with van der Waals surface area (Å²) in [5, 5.41) is 6.02. The van der Waals surface area contributed by atoms with Gasteiger partial charge in [0, 0.05) is 5.84 Å². The molecule has 0 unspecified atom stereocenters. The third-order valence-electron chi connectivity index (χ3n) is 0.761. The number of halogens is 6. The standard InChI is InChI=1S/C4H2F6N3/c5-3(6,7)1(11)13-2(12)4(8,9)10/h(H2-,11,12,13)/q-1. The van der Waals surface area contributed by atoms with Gasteiger partial charge >= 0.3 is 12.4 Å². The zero-order chi connectivity index (χ0) is 10.9. The Bertz CT molecular complexity index is 235. The number of rotatable bonds is 0. The molecular weight excluding hydrogens is 204 g/mol. The number of nitrogens with zero attached hydrogens (tertiary/aromatic N) is 1. The lowest BCUT2D eigenvalue weighted by atomic mass is 10.5. The summed E-state index contributed by atoms with van der Waals surface area (Å²) in [5.74, 6) is -4.90. The molecule has 0 aliphatic rings. The average molecular weight is 206 g/mol. The maximum atomic E-state index is 11.4. The van der Waals surface area contributed by atoms with Crippen LogP contribution in [0.1, 0.15) is 0 Å². The highest BCUT2D eigenvalue weighted by molar-refractivity contribution is 6.04. The van der Waals surface area contributed by atoms with Crippen molar-refractivity contribution < 1.29 is 26.3 Å². The number of amidine groups is 2. The molecule has 0 radical (unpaired) electrons. The molecular formula is C4H2F6N3-. The first-order valence-corrected chi connectivity index (χ1v) is 2.58. The molecule has 0 heterocycles. The van der Waals surface area contributed by atoms with Crippen LogP contribution in [0.25, 0.3) is 5.73 Å². The van der Waals surface area contributed by atoms with Crippen LogP contribution in [0, 0.1) is 5.41 Å². The maximum Gasteiger partial charge on any atom is 0.429 e. The molecule has 0 aromatic rings. The fourth-order valence-electron chi connectivity index (χ4n) is 0.239. The zero-order valence-corrected chi connectivity index (χ0v) is 5.72. The van der Waals surface area contributed by atoms with Crippen LogP contribution in [0.5, 0.6) is 0 Å². The first kappa shape index (κ1) is 11.7. The van der Waals surface area contributed by atoms with E-state index in [4.69, 9.17) is 11.1 Å². The van der Waals surface area contributed by atoms with Crippen molar-refractivity contribution in [3.63, 3.8) is 0 Å². The SMILES string of the molecule is N=C(N=C([NH-])C(F)(F)F)C(F)(F)F. The Morgan fingerprint density at radius 3 is 1.62 bits per heavy atom. The Hall–Kier alpha value is -1.28. The highest BCUT2D eigenvalue weighted by Crippen LogP contribution is 2.21. The summed E-state index contributed by atoms with van der Waals surface area (Å²) in [5.41, 5.74) is 6.02. The molecule has 76 valence electrons. The van der Waals surface area contributed by atoms with Crippen molar-refractivity contribution in [2.75, 3.05) is 0 Å². The monoisotopic (exact) mass is 206 g/mol. The normalized spacial score (nSPS) is 14.5. The van der Waals surface area contributed by atoms with Crippen molar-refractivity contribution in [1.82, 2.24) is 0 Å². The molecule has 0 fully saturated rings. The minimum Gasteiger partial charge on any atom is -0.478 e. The highest BCUT2D eigenvalue weighted by atomic mass is 19.4. The Morgan fingerprint density at radius 2 is 1.38 bits per heavy atom. The highest BCUT2D eigenvalue weighted by Gasteiger charge is 2.33. The van der Waals surface area contributed by atoms with Gasteiger partial charge in [-0.2, -0.15) is 26.3 Å². The summed E-state index contributed by atoms with van der Waals surface area (Å²) in [6.45, 7) is 0. The van der Waals surface area contributed by atoms with Crippen molar-refractivity contribution in [3.05, 3.63) is 5.73 Å². The van der Waals surface area contributed by atoms with Crippen LogP contribution in [-0.4, -0.2) is 24.0 Å². The van der Waals surface area contributed by atoms with E-state index in [2.05, 4.69) is 0 Å². The predicted octanol–water partition coefficient (Wildman–Crippen LogP) is 2.54. The van der Waals surface area contributed by atoms with Crippen molar-refractivity contribution in [2.45, 2.75) is 12.4 Å². The smallest absolute Gasteiger partial charge is 0.429 e. The van der Waals surface area contributed by atoms with E-state index in [1.807, 2.05) is 0 Å². The van der Waals surface area contributed by atoms with Crippen LogP contribution in [0.2, 0.25) is 0 Å². The van der Waals surface area contributed by atoms with Gasteiger partial charge in [0.25, 0.3) is 0 Å². The van der Waals surface area contributed by atoms with Gasteiger partial charge in [0.05, 0.1) is 0 Å². The van der Waals surface area contributed by atoms with E-state index in [0.29, 0.717) is 0 Å². The first-order valence-electron chi connectivity index (χ1n) is 2.58. The van der Waals surface area contributed by atoms with Gasteiger partial charge in [-0.05, 0) is 0 Å². The molecule has 13 heavy (non-hydrogen) atoms. The van der Waals surface area contributed by atoms with Crippen molar-refractivity contribution in [2.24, 2.45) is 4.99 Å². The van der Waals surface area contributed by atoms with Crippen LogP contribution in [0.15, 0.2) is 4.99 Å². The quantitative estimate of drug-likeness (QED) is 0.359. The molecule has 0 spiro atoms. The fraction of sp³-hybridized carbons (Fsp3) is 0.500. The van der Waals surface area contributed by atoms with Gasteiger partial charge in [0.15, 0.2) is 0 Å². The molecule has 0 bridgehead atoms. The zero-order valence-electron chi connectivity index (χ0n) is 5.72. The number of hydrogen-bond donors (Lipinski definition) is 1. The Labute approximate surface area is 67.7 Å². The maximum absolute atomic E-state index is 11.4. The molecule has 0 aromatic heterocycles. The summed E-state index contributed by atoms with van der Waals surface area (Å²) in [7, 11) is 0. The molecule has 0 saturated heterocycles. The molecule has 0 rings (SSSR count). The molecule has 0 saturated carbocycles. The van der Waals surface area contributed by atoms with Gasteiger partial charge in [-0.25, -0.2) is 0 Å². The van der Waals surface area contributed by atoms with E-state index in [0.717, 1.165) is 0 Å². The van der Waals surface area contributed by atoms with E-state index in [1.165, 1.54) is 0 Å². The van der Waals surface area contributed by atoms with E-state index < -0.39 is 24.0 Å². The Balaban J connectivity index is 4.70. The van der Waals surface area contributed by atoms with Crippen molar-refractivity contribution in [3.8, 4) is 0 Å². The topological polar surface area (TPSA) is 60.0 Å². The third kappa shape index (κ3) is 3.76. The summed E-state index contributed by atoms with van der Waals surface area (Å²) >= 11 is 0. The molecule has 0 aliphatic heterocycles. The second-order valence-electron chi connectivity index (χ2n) is 1.80. The van der Waals surface area contributed by atoms with E-state index >= 15 is 0 Å². The minimum absolute atomic E-state index is 1.74. The molecule has 0 aromatic carbocycles. The molecule has 0 aliphatic carbocycles. The molecule has 0 atom stereocenters. The molecule has 0 amide bonds. The Morgan fingerprint density at radius 1 is 1.00 bits per heavy atom. The van der Waals surface area contributed by atoms with Crippen molar-refractivity contribution in [1.29, 1.82) is 5.41 Å². The molecule has 9 heteroatoms. The number of aliphatic imine (C=N–C) groups is 1. The van der Waals surface area contributed by atoms with Crippen LogP contribution < -0.4 is 0 Å². The lowest BCUT2D eigenvalue weighted by Gasteiger charge is -2.15. The van der Waals surface area contributed by atoms with Gasteiger partial charge in [-0.15, -0.1) is 0 Å². The summed E-state index contributed by atoms with van der Waals surface area (Å²) in [6, 6.07) is 0. The largest absolute Gasteiger partial charge is 0.478 e. The molecule has 3 nitrogen and oxygen atoms in total. The van der Waals surface area contributed by atoms with E-state index in [9.17, 15) is 26.3 Å². The minimum atomic E-state index is -5.27. The summed E-state index contributed by atoms with van der Waals surface area (Å²) in [4.78, 5) is 1.74. The second-order valence-corrected chi connectivity index (χ2v) is 1.80. The van der Waals surface area contributed by atoms with Gasteiger partial charge in [-0.3, -0.25) is 0 Å². The van der Waals surface area contributed by atoms with Crippen LogP contribution in [0.3, 0.4) is 0 Å². The number of hydrogen-bond acceptors (Lipinski definition) is 1. The number of alkyl halides is 6. The van der Waals surface area contributed by atoms with E-state index in [1.54, 1.807) is 4.99 Å². The van der Waals surface area contributed by atoms with E-state index in [-0.39, 0.29) is 0 Å². The lowest BCUT2D eigenvalue weighted by molar-refractivity contribution is -0.0627. The fourth-order valence-corrected chi connectivity index (χ4v) is 0.239. The van der Waals surface area contributed by atoms with Crippen LogP contribution in [0.4, 0.5) is 26.3 Å². The molecule has 2 N–H and O–H groups in total.